The second-order valence-electron chi connectivity index (χ2n) is 7.39. The summed E-state index contributed by atoms with van der Waals surface area (Å²) in [7, 11) is 0. The highest BCUT2D eigenvalue weighted by Crippen LogP contribution is 2.38. The molecule has 0 aromatic heterocycles. The summed E-state index contributed by atoms with van der Waals surface area (Å²) in [6.07, 6.45) is 9.65. The summed E-state index contributed by atoms with van der Waals surface area (Å²) in [6.45, 7) is 2.25. The van der Waals surface area contributed by atoms with E-state index in [1.165, 1.54) is 69.9 Å². The Labute approximate surface area is 150 Å². The topological polar surface area (TPSA) is 9.23 Å². The van der Waals surface area contributed by atoms with Crippen molar-refractivity contribution in [2.45, 2.75) is 89.8 Å². The Balaban J connectivity index is 1.67. The molecule has 1 fully saturated rings. The predicted molar refractivity (Wildman–Crippen MR) is 95.8 cm³/mol. The number of hydrogen-bond donors (Lipinski definition) is 0. The first kappa shape index (κ1) is 20.1. The van der Waals surface area contributed by atoms with E-state index in [2.05, 4.69) is 11.7 Å². The zero-order chi connectivity index (χ0) is 18.1. The third-order valence-electron chi connectivity index (χ3n) is 5.40. The van der Waals surface area contributed by atoms with Crippen LogP contribution in [0.1, 0.15) is 89.0 Å². The standard InChI is InChI=1S/C21H31F3O/c1-2-3-4-5-6-7-8-17-9-11-18(12-10-17)19-13-15-20(16-14-19)25-21(22,23)24/h13-18H,2-12H2,1H3/t17-,18-. The van der Waals surface area contributed by atoms with Crippen LogP contribution in [0.2, 0.25) is 0 Å². The van der Waals surface area contributed by atoms with Crippen molar-refractivity contribution in [2.24, 2.45) is 5.92 Å². The summed E-state index contributed by atoms with van der Waals surface area (Å²) < 4.78 is 40.6. The average molecular weight is 356 g/mol. The van der Waals surface area contributed by atoms with Crippen molar-refractivity contribution < 1.29 is 17.9 Å². The molecule has 1 aromatic rings. The average Bonchev–Trinajstić information content (AvgIpc) is 2.58. The van der Waals surface area contributed by atoms with Crippen molar-refractivity contribution in [3.05, 3.63) is 29.8 Å². The summed E-state index contributed by atoms with van der Waals surface area (Å²) in [5.74, 6) is 1.20. The maximum atomic E-state index is 12.2. The maximum absolute atomic E-state index is 12.2. The summed E-state index contributed by atoms with van der Waals surface area (Å²) in [5, 5.41) is 0. The Bertz CT molecular complexity index is 473. The van der Waals surface area contributed by atoms with Crippen LogP contribution >= 0.6 is 0 Å². The smallest absolute Gasteiger partial charge is 0.406 e. The molecule has 1 aliphatic rings. The van der Waals surface area contributed by atoms with Gasteiger partial charge in [-0.1, -0.05) is 64.0 Å². The van der Waals surface area contributed by atoms with Crippen molar-refractivity contribution in [3.8, 4) is 5.75 Å². The van der Waals surface area contributed by atoms with Gasteiger partial charge in [0.05, 0.1) is 0 Å². The molecule has 142 valence electrons. The molecule has 1 aliphatic carbocycles. The highest BCUT2D eigenvalue weighted by molar-refractivity contribution is 5.29. The Kier molecular flexibility index (Phi) is 8.11. The lowest BCUT2D eigenvalue weighted by Crippen LogP contribution is -2.17. The fraction of sp³-hybridized carbons (Fsp3) is 0.714. The molecule has 25 heavy (non-hydrogen) atoms. The molecule has 2 rings (SSSR count). The van der Waals surface area contributed by atoms with Gasteiger partial charge in [-0.15, -0.1) is 13.2 Å². The van der Waals surface area contributed by atoms with Crippen LogP contribution in [0.5, 0.6) is 5.75 Å². The van der Waals surface area contributed by atoms with Gasteiger partial charge in [0.15, 0.2) is 0 Å². The molecular weight excluding hydrogens is 325 g/mol. The molecule has 1 aromatic carbocycles. The quantitative estimate of drug-likeness (QED) is 0.414. The van der Waals surface area contributed by atoms with E-state index in [1.807, 2.05) is 0 Å². The molecular formula is C21H31F3O. The van der Waals surface area contributed by atoms with Gasteiger partial charge >= 0.3 is 6.36 Å². The summed E-state index contributed by atoms with van der Waals surface area (Å²) in [4.78, 5) is 0. The van der Waals surface area contributed by atoms with Crippen LogP contribution in [0.25, 0.3) is 0 Å². The minimum absolute atomic E-state index is 0.131. The lowest BCUT2D eigenvalue weighted by molar-refractivity contribution is -0.274. The molecule has 4 heteroatoms. The van der Waals surface area contributed by atoms with E-state index < -0.39 is 6.36 Å². The van der Waals surface area contributed by atoms with E-state index >= 15 is 0 Å². The summed E-state index contributed by atoms with van der Waals surface area (Å²) in [6, 6.07) is 6.45. The summed E-state index contributed by atoms with van der Waals surface area (Å²) >= 11 is 0. The Morgan fingerprint density at radius 2 is 1.48 bits per heavy atom. The molecule has 0 bridgehead atoms. The van der Waals surface area contributed by atoms with Gasteiger partial charge in [-0.2, -0.15) is 0 Å². The van der Waals surface area contributed by atoms with Gasteiger partial charge < -0.3 is 4.74 Å². The minimum Gasteiger partial charge on any atom is -0.406 e. The zero-order valence-electron chi connectivity index (χ0n) is 15.3. The highest BCUT2D eigenvalue weighted by Gasteiger charge is 2.31. The van der Waals surface area contributed by atoms with E-state index in [-0.39, 0.29) is 5.75 Å². The Morgan fingerprint density at radius 1 is 0.880 bits per heavy atom. The first-order chi connectivity index (χ1) is 12.0. The summed E-state index contributed by atoms with van der Waals surface area (Å²) in [5.41, 5.74) is 1.15. The van der Waals surface area contributed by atoms with Crippen LogP contribution in [0.4, 0.5) is 13.2 Å². The van der Waals surface area contributed by atoms with Crippen molar-refractivity contribution >= 4 is 0 Å². The van der Waals surface area contributed by atoms with Gasteiger partial charge in [-0.3, -0.25) is 0 Å². The highest BCUT2D eigenvalue weighted by atomic mass is 19.4. The van der Waals surface area contributed by atoms with Crippen LogP contribution in [0.3, 0.4) is 0 Å². The van der Waals surface area contributed by atoms with Gasteiger partial charge in [0.1, 0.15) is 5.75 Å². The normalized spacial score (nSPS) is 21.3. The number of benzene rings is 1. The molecule has 0 aliphatic heterocycles. The molecule has 0 heterocycles. The van der Waals surface area contributed by atoms with Crippen LogP contribution in [-0.2, 0) is 0 Å². The number of alkyl halides is 3. The number of halogens is 3. The largest absolute Gasteiger partial charge is 0.573 e. The van der Waals surface area contributed by atoms with Gasteiger partial charge in [-0.25, -0.2) is 0 Å². The number of ether oxygens (including phenoxy) is 1. The molecule has 0 spiro atoms. The molecule has 0 unspecified atom stereocenters. The second kappa shape index (κ2) is 10.1. The van der Waals surface area contributed by atoms with E-state index in [1.54, 1.807) is 12.1 Å². The van der Waals surface area contributed by atoms with Crippen molar-refractivity contribution in [2.75, 3.05) is 0 Å². The van der Waals surface area contributed by atoms with Crippen molar-refractivity contribution in [1.82, 2.24) is 0 Å². The van der Waals surface area contributed by atoms with Gasteiger partial charge in [0, 0.05) is 0 Å². The third-order valence-corrected chi connectivity index (χ3v) is 5.40. The Hall–Kier alpha value is -1.19. The second-order valence-corrected chi connectivity index (χ2v) is 7.39. The lowest BCUT2D eigenvalue weighted by atomic mass is 9.77. The Morgan fingerprint density at radius 3 is 2.08 bits per heavy atom. The fourth-order valence-corrected chi connectivity index (χ4v) is 3.94. The van der Waals surface area contributed by atoms with Crippen molar-refractivity contribution in [3.63, 3.8) is 0 Å². The van der Waals surface area contributed by atoms with Crippen LogP contribution < -0.4 is 4.74 Å². The van der Waals surface area contributed by atoms with Crippen molar-refractivity contribution in [1.29, 1.82) is 0 Å². The maximum Gasteiger partial charge on any atom is 0.573 e. The molecule has 0 radical (unpaired) electrons. The molecule has 0 saturated heterocycles. The minimum atomic E-state index is -4.61. The number of hydrogen-bond acceptors (Lipinski definition) is 1. The van der Waals surface area contributed by atoms with E-state index in [9.17, 15) is 13.2 Å². The van der Waals surface area contributed by atoms with E-state index in [4.69, 9.17) is 0 Å². The molecule has 0 amide bonds. The first-order valence-corrected chi connectivity index (χ1v) is 9.83. The molecule has 0 N–H and O–H groups in total. The molecule has 0 atom stereocenters. The van der Waals surface area contributed by atoms with E-state index in [0.29, 0.717) is 5.92 Å². The number of rotatable bonds is 9. The zero-order valence-corrected chi connectivity index (χ0v) is 15.3. The third kappa shape index (κ3) is 7.70. The van der Waals surface area contributed by atoms with Crippen LogP contribution in [-0.4, -0.2) is 6.36 Å². The predicted octanol–water partition coefficient (Wildman–Crippen LogP) is 7.61. The van der Waals surface area contributed by atoms with Gasteiger partial charge in [0.2, 0.25) is 0 Å². The molecule has 1 nitrogen and oxygen atoms in total. The van der Waals surface area contributed by atoms with Gasteiger partial charge in [0.25, 0.3) is 0 Å². The fourth-order valence-electron chi connectivity index (χ4n) is 3.94. The lowest BCUT2D eigenvalue weighted by Gasteiger charge is -2.29. The number of unbranched alkanes of at least 4 members (excludes halogenated alkanes) is 5. The molecule has 1 saturated carbocycles. The SMILES string of the molecule is CCCCCCCC[C@H]1CC[C@H](c2ccc(OC(F)(F)F)cc2)CC1. The monoisotopic (exact) mass is 356 g/mol. The van der Waals surface area contributed by atoms with Gasteiger partial charge in [-0.05, 0) is 55.2 Å². The van der Waals surface area contributed by atoms with Crippen LogP contribution in [0.15, 0.2) is 24.3 Å². The van der Waals surface area contributed by atoms with Crippen LogP contribution in [0, 0.1) is 5.92 Å². The first-order valence-electron chi connectivity index (χ1n) is 9.83. The van der Waals surface area contributed by atoms with E-state index in [0.717, 1.165) is 24.3 Å².